The van der Waals surface area contributed by atoms with Gasteiger partial charge in [0.05, 0.1) is 22.1 Å². The molecular formula is C18H25N3O3S2. The summed E-state index contributed by atoms with van der Waals surface area (Å²) in [6.45, 7) is 10.5. The summed E-state index contributed by atoms with van der Waals surface area (Å²) in [5.74, 6) is 1.00. The molecule has 6 nitrogen and oxygen atoms in total. The molecule has 2 aromatic rings. The van der Waals surface area contributed by atoms with Crippen LogP contribution in [-0.2, 0) is 15.3 Å². The van der Waals surface area contributed by atoms with Crippen LogP contribution >= 0.6 is 11.3 Å². The van der Waals surface area contributed by atoms with Crippen LogP contribution in [-0.4, -0.2) is 42.3 Å². The molecule has 8 heteroatoms. The fourth-order valence-electron chi connectivity index (χ4n) is 3.24. The van der Waals surface area contributed by atoms with E-state index in [1.807, 2.05) is 13.8 Å². The Morgan fingerprint density at radius 2 is 1.96 bits per heavy atom. The third-order valence-corrected chi connectivity index (χ3v) is 7.75. The summed E-state index contributed by atoms with van der Waals surface area (Å²) in [6, 6.07) is 0. The molecular weight excluding hydrogens is 370 g/mol. The molecule has 0 bridgehead atoms. The number of aromatic nitrogens is 2. The normalized spacial score (nSPS) is 19.8. The highest BCUT2D eigenvalue weighted by Gasteiger charge is 2.29. The largest absolute Gasteiger partial charge is 0.351 e. The summed E-state index contributed by atoms with van der Waals surface area (Å²) in [7, 11) is -2.93. The zero-order valence-electron chi connectivity index (χ0n) is 15.8. The SMILES string of the molecule is Cc1nc(C(C)(C)C)nc2sc(C(=O)NC[C@@H]3CCS(=O)(=O)C3)c(C)c12. The van der Waals surface area contributed by atoms with Gasteiger partial charge in [-0.3, -0.25) is 4.79 Å². The number of nitrogens with one attached hydrogen (secondary N) is 1. The van der Waals surface area contributed by atoms with E-state index in [0.29, 0.717) is 17.8 Å². The highest BCUT2D eigenvalue weighted by Crippen LogP contribution is 2.33. The summed E-state index contributed by atoms with van der Waals surface area (Å²) in [6.07, 6.45) is 0.619. The zero-order valence-corrected chi connectivity index (χ0v) is 17.5. The van der Waals surface area contributed by atoms with Crippen molar-refractivity contribution in [1.29, 1.82) is 0 Å². The van der Waals surface area contributed by atoms with Crippen molar-refractivity contribution in [2.45, 2.75) is 46.5 Å². The molecule has 0 saturated carbocycles. The fraction of sp³-hybridized carbons (Fsp3) is 0.611. The van der Waals surface area contributed by atoms with Crippen LogP contribution in [0.2, 0.25) is 0 Å². The summed E-state index contributed by atoms with van der Waals surface area (Å²) in [5, 5.41) is 3.84. The van der Waals surface area contributed by atoms with Crippen LogP contribution in [0.1, 0.15) is 53.9 Å². The number of hydrogen-bond donors (Lipinski definition) is 1. The number of amides is 1. The van der Waals surface area contributed by atoms with E-state index in [1.165, 1.54) is 11.3 Å². The average molecular weight is 396 g/mol. The minimum atomic E-state index is -2.93. The second-order valence-corrected chi connectivity index (χ2v) is 11.3. The van der Waals surface area contributed by atoms with E-state index in [1.54, 1.807) is 0 Å². The smallest absolute Gasteiger partial charge is 0.261 e. The minimum Gasteiger partial charge on any atom is -0.351 e. The molecule has 3 rings (SSSR count). The Hall–Kier alpha value is -1.54. The molecule has 26 heavy (non-hydrogen) atoms. The Morgan fingerprint density at radius 3 is 2.54 bits per heavy atom. The first-order valence-corrected chi connectivity index (χ1v) is 11.4. The number of aryl methyl sites for hydroxylation is 2. The lowest BCUT2D eigenvalue weighted by atomic mass is 9.95. The average Bonchev–Trinajstić information content (AvgIpc) is 3.04. The molecule has 0 aliphatic carbocycles. The Balaban J connectivity index is 1.85. The third-order valence-electron chi connectivity index (χ3n) is 4.73. The molecule has 1 N–H and O–H groups in total. The maximum Gasteiger partial charge on any atom is 0.261 e. The van der Waals surface area contributed by atoms with E-state index in [2.05, 4.69) is 36.1 Å². The summed E-state index contributed by atoms with van der Waals surface area (Å²) < 4.78 is 23.1. The van der Waals surface area contributed by atoms with Crippen molar-refractivity contribution in [3.63, 3.8) is 0 Å². The maximum absolute atomic E-state index is 12.6. The highest BCUT2D eigenvalue weighted by molar-refractivity contribution is 7.91. The van der Waals surface area contributed by atoms with Crippen LogP contribution in [0.5, 0.6) is 0 Å². The van der Waals surface area contributed by atoms with Crippen molar-refractivity contribution in [3.05, 3.63) is 22.0 Å². The number of rotatable bonds is 3. The second-order valence-electron chi connectivity index (χ2n) is 8.10. The molecule has 0 unspecified atom stereocenters. The van der Waals surface area contributed by atoms with E-state index in [-0.39, 0.29) is 28.7 Å². The van der Waals surface area contributed by atoms with Gasteiger partial charge in [0.15, 0.2) is 9.84 Å². The molecule has 1 saturated heterocycles. The zero-order chi connectivity index (χ0) is 19.3. The molecule has 0 aromatic carbocycles. The number of carbonyl (C=O) groups is 1. The van der Waals surface area contributed by atoms with E-state index < -0.39 is 9.84 Å². The number of fused-ring (bicyclic) bond motifs is 1. The van der Waals surface area contributed by atoms with Gasteiger partial charge < -0.3 is 5.32 Å². The fourth-order valence-corrected chi connectivity index (χ4v) is 6.25. The standard InChI is InChI=1S/C18H25N3O3S2/c1-10-13-11(2)20-17(18(3,4)5)21-16(13)25-14(10)15(22)19-8-12-6-7-26(23,24)9-12/h12H,6-9H2,1-5H3,(H,19,22)/t12-/m0/s1. The van der Waals surface area contributed by atoms with Crippen LogP contribution in [0.15, 0.2) is 0 Å². The molecule has 3 heterocycles. The van der Waals surface area contributed by atoms with E-state index >= 15 is 0 Å². The van der Waals surface area contributed by atoms with Gasteiger partial charge in [0, 0.05) is 17.3 Å². The van der Waals surface area contributed by atoms with Crippen molar-refractivity contribution in [2.24, 2.45) is 5.92 Å². The van der Waals surface area contributed by atoms with Crippen LogP contribution in [0.3, 0.4) is 0 Å². The number of nitrogens with zero attached hydrogens (tertiary/aromatic N) is 2. The number of sulfone groups is 1. The predicted molar refractivity (Wildman–Crippen MR) is 105 cm³/mol. The molecule has 1 fully saturated rings. The van der Waals surface area contributed by atoms with Crippen LogP contribution in [0.4, 0.5) is 0 Å². The highest BCUT2D eigenvalue weighted by atomic mass is 32.2. The van der Waals surface area contributed by atoms with Crippen LogP contribution in [0, 0.1) is 19.8 Å². The minimum absolute atomic E-state index is 0.00709. The Kier molecular flexibility index (Phi) is 4.85. The number of hydrogen-bond acceptors (Lipinski definition) is 6. The first-order valence-electron chi connectivity index (χ1n) is 8.75. The van der Waals surface area contributed by atoms with Gasteiger partial charge in [0.25, 0.3) is 5.91 Å². The molecule has 1 aliphatic rings. The second kappa shape index (κ2) is 6.56. The molecule has 142 valence electrons. The number of carbonyl (C=O) groups excluding carboxylic acids is 1. The van der Waals surface area contributed by atoms with Crippen LogP contribution in [0.25, 0.3) is 10.2 Å². The lowest BCUT2D eigenvalue weighted by Crippen LogP contribution is -2.29. The van der Waals surface area contributed by atoms with Gasteiger partial charge in [-0.2, -0.15) is 0 Å². The lowest BCUT2D eigenvalue weighted by molar-refractivity contribution is 0.0952. The van der Waals surface area contributed by atoms with Crippen molar-refractivity contribution < 1.29 is 13.2 Å². The first kappa shape index (κ1) is 19.2. The molecule has 2 aromatic heterocycles. The molecule has 1 amide bonds. The lowest BCUT2D eigenvalue weighted by Gasteiger charge is -2.16. The molecule has 0 spiro atoms. The van der Waals surface area contributed by atoms with E-state index in [0.717, 1.165) is 27.3 Å². The molecule has 1 aliphatic heterocycles. The van der Waals surface area contributed by atoms with Gasteiger partial charge >= 0.3 is 0 Å². The summed E-state index contributed by atoms with van der Waals surface area (Å²) in [5.41, 5.74) is 1.61. The van der Waals surface area contributed by atoms with Gasteiger partial charge in [-0.15, -0.1) is 11.3 Å². The Labute approximate surface area is 158 Å². The molecule has 1 atom stereocenters. The van der Waals surface area contributed by atoms with Gasteiger partial charge in [-0.25, -0.2) is 18.4 Å². The van der Waals surface area contributed by atoms with Gasteiger partial charge in [-0.1, -0.05) is 20.8 Å². The van der Waals surface area contributed by atoms with Crippen molar-refractivity contribution in [2.75, 3.05) is 18.1 Å². The van der Waals surface area contributed by atoms with Gasteiger partial charge in [0.1, 0.15) is 10.7 Å². The van der Waals surface area contributed by atoms with Crippen molar-refractivity contribution in [3.8, 4) is 0 Å². The number of thiophene rings is 1. The first-order chi connectivity index (χ1) is 12.0. The van der Waals surface area contributed by atoms with Gasteiger partial charge in [-0.05, 0) is 31.7 Å². The van der Waals surface area contributed by atoms with Gasteiger partial charge in [0.2, 0.25) is 0 Å². The third kappa shape index (κ3) is 3.76. The van der Waals surface area contributed by atoms with Crippen molar-refractivity contribution >= 4 is 37.3 Å². The topological polar surface area (TPSA) is 89.0 Å². The van der Waals surface area contributed by atoms with E-state index in [9.17, 15) is 13.2 Å². The maximum atomic E-state index is 12.6. The summed E-state index contributed by atoms with van der Waals surface area (Å²) in [4.78, 5) is 23.4. The predicted octanol–water partition coefficient (Wildman–Crippen LogP) is 2.77. The summed E-state index contributed by atoms with van der Waals surface area (Å²) >= 11 is 1.38. The van der Waals surface area contributed by atoms with Crippen LogP contribution < -0.4 is 5.32 Å². The Morgan fingerprint density at radius 1 is 1.27 bits per heavy atom. The Bertz CT molecular complexity index is 972. The molecule has 0 radical (unpaired) electrons. The monoisotopic (exact) mass is 395 g/mol. The van der Waals surface area contributed by atoms with Crippen molar-refractivity contribution in [1.82, 2.24) is 15.3 Å². The quantitative estimate of drug-likeness (QED) is 0.863. The van der Waals surface area contributed by atoms with E-state index in [4.69, 9.17) is 0 Å².